The lowest BCUT2D eigenvalue weighted by Crippen LogP contribution is -2.49. The Bertz CT molecular complexity index is 968. The fourth-order valence-corrected chi connectivity index (χ4v) is 5.35. The van der Waals surface area contributed by atoms with Gasteiger partial charge in [-0.05, 0) is 93.7 Å². The zero-order valence-electron chi connectivity index (χ0n) is 14.0. The Labute approximate surface area is 183 Å². The topological polar surface area (TPSA) is 57.7 Å². The van der Waals surface area contributed by atoms with E-state index in [1.54, 1.807) is 17.0 Å². The number of nitrogens with zero attached hydrogens (tertiary/aromatic N) is 2. The first-order valence-electron chi connectivity index (χ1n) is 8.67. The minimum Gasteiger partial charge on any atom is -0.312 e. The molecule has 2 saturated heterocycles. The van der Waals surface area contributed by atoms with Crippen molar-refractivity contribution in [1.82, 2.24) is 0 Å². The van der Waals surface area contributed by atoms with Gasteiger partial charge in [0, 0.05) is 25.3 Å². The Kier molecular flexibility index (Phi) is 4.08. The van der Waals surface area contributed by atoms with E-state index in [0.29, 0.717) is 12.2 Å². The normalized spacial score (nSPS) is 29.0. The summed E-state index contributed by atoms with van der Waals surface area (Å²) in [6.45, 7) is 0.505. The third kappa shape index (κ3) is 2.50. The van der Waals surface area contributed by atoms with Gasteiger partial charge in [0.1, 0.15) is 0 Å². The molecule has 0 bridgehead atoms. The Morgan fingerprint density at radius 3 is 1.74 bits per heavy atom. The number of rotatable bonds is 2. The highest BCUT2D eigenvalue weighted by Crippen LogP contribution is 2.56. The summed E-state index contributed by atoms with van der Waals surface area (Å²) in [7, 11) is 0. The van der Waals surface area contributed by atoms with Crippen LogP contribution in [0.1, 0.15) is 0 Å². The average Bonchev–Trinajstić information content (AvgIpc) is 3.01. The third-order valence-electron chi connectivity index (χ3n) is 5.88. The number of hydrogen-bond acceptors (Lipinski definition) is 3. The number of carbonyl (C=O) groups is 3. The van der Waals surface area contributed by atoms with Gasteiger partial charge in [-0.25, -0.2) is 0 Å². The lowest BCUT2D eigenvalue weighted by atomic mass is 9.59. The minimum atomic E-state index is -0.511. The SMILES string of the molecule is O=C1C2C(CN1c1ccc(I)cc1)C1C(=O)N(c3ccc(I)cc3)C(=O)C21. The summed E-state index contributed by atoms with van der Waals surface area (Å²) in [5.41, 5.74) is 1.43. The molecule has 27 heavy (non-hydrogen) atoms. The second-order valence-corrected chi connectivity index (χ2v) is 9.65. The highest BCUT2D eigenvalue weighted by molar-refractivity contribution is 14.1. The van der Waals surface area contributed by atoms with Gasteiger partial charge in [-0.1, -0.05) is 0 Å². The number of imide groups is 1. The van der Waals surface area contributed by atoms with Gasteiger partial charge < -0.3 is 4.90 Å². The lowest BCUT2D eigenvalue weighted by Gasteiger charge is -2.37. The molecule has 5 nitrogen and oxygen atoms in total. The van der Waals surface area contributed by atoms with E-state index in [4.69, 9.17) is 0 Å². The monoisotopic (exact) mass is 584 g/mol. The second kappa shape index (κ2) is 6.26. The minimum absolute atomic E-state index is 0.0342. The zero-order chi connectivity index (χ0) is 18.9. The van der Waals surface area contributed by atoms with Crippen molar-refractivity contribution in [2.45, 2.75) is 0 Å². The summed E-state index contributed by atoms with van der Waals surface area (Å²) in [5.74, 6) is -1.77. The summed E-state index contributed by atoms with van der Waals surface area (Å²) in [6, 6.07) is 15.1. The Morgan fingerprint density at radius 1 is 0.667 bits per heavy atom. The Balaban J connectivity index is 1.43. The van der Waals surface area contributed by atoms with Crippen LogP contribution in [0.25, 0.3) is 0 Å². The van der Waals surface area contributed by atoms with Gasteiger partial charge in [-0.3, -0.25) is 19.3 Å². The Morgan fingerprint density at radius 2 is 1.15 bits per heavy atom. The molecular weight excluding hydrogens is 570 g/mol. The maximum atomic E-state index is 13.0. The second-order valence-electron chi connectivity index (χ2n) is 7.15. The van der Waals surface area contributed by atoms with E-state index >= 15 is 0 Å². The van der Waals surface area contributed by atoms with Crippen LogP contribution in [0, 0.1) is 30.8 Å². The van der Waals surface area contributed by atoms with Crippen LogP contribution in [-0.2, 0) is 14.4 Å². The van der Waals surface area contributed by atoms with Gasteiger partial charge in [0.05, 0.1) is 23.4 Å². The first kappa shape index (κ1) is 17.6. The molecule has 3 aliphatic rings. The molecule has 7 heteroatoms. The molecule has 0 aromatic heterocycles. The van der Waals surface area contributed by atoms with Crippen LogP contribution < -0.4 is 9.80 Å². The first-order chi connectivity index (χ1) is 13.0. The summed E-state index contributed by atoms with van der Waals surface area (Å²) in [4.78, 5) is 41.9. The van der Waals surface area contributed by atoms with Crippen LogP contribution in [0.5, 0.6) is 0 Å². The summed E-state index contributed by atoms with van der Waals surface area (Å²) in [6.07, 6.45) is 0. The van der Waals surface area contributed by atoms with Crippen LogP contribution in [0.3, 0.4) is 0 Å². The van der Waals surface area contributed by atoms with E-state index in [9.17, 15) is 14.4 Å². The number of carbonyl (C=O) groups excluding carboxylic acids is 3. The van der Waals surface area contributed by atoms with E-state index in [2.05, 4.69) is 45.2 Å². The van der Waals surface area contributed by atoms with Crippen LogP contribution in [0.15, 0.2) is 48.5 Å². The molecule has 3 amide bonds. The maximum Gasteiger partial charge on any atom is 0.238 e. The molecule has 2 aliphatic heterocycles. The smallest absolute Gasteiger partial charge is 0.238 e. The summed E-state index contributed by atoms with van der Waals surface area (Å²) < 4.78 is 2.14. The lowest BCUT2D eigenvalue weighted by molar-refractivity contribution is -0.141. The van der Waals surface area contributed by atoms with Crippen molar-refractivity contribution in [3.05, 3.63) is 55.7 Å². The van der Waals surface area contributed by atoms with Crippen LogP contribution in [0.4, 0.5) is 11.4 Å². The van der Waals surface area contributed by atoms with E-state index in [1.165, 1.54) is 4.90 Å². The molecule has 2 aromatic rings. The van der Waals surface area contributed by atoms with Crippen LogP contribution >= 0.6 is 45.2 Å². The van der Waals surface area contributed by atoms with E-state index in [1.807, 2.05) is 36.4 Å². The first-order valence-corrected chi connectivity index (χ1v) is 10.8. The molecule has 2 heterocycles. The largest absolute Gasteiger partial charge is 0.312 e. The molecule has 5 rings (SSSR count). The van der Waals surface area contributed by atoms with E-state index in [-0.39, 0.29) is 35.5 Å². The number of fused-ring (bicyclic) bond motifs is 4. The van der Waals surface area contributed by atoms with Crippen molar-refractivity contribution in [3.8, 4) is 0 Å². The highest BCUT2D eigenvalue weighted by Gasteiger charge is 2.70. The summed E-state index contributed by atoms with van der Waals surface area (Å²) in [5, 5.41) is 0. The Hall–Kier alpha value is -1.49. The van der Waals surface area contributed by atoms with Crippen LogP contribution in [0.2, 0.25) is 0 Å². The molecule has 4 unspecified atom stereocenters. The number of hydrogen-bond donors (Lipinski definition) is 0. The maximum absolute atomic E-state index is 13.0. The van der Waals surface area contributed by atoms with Crippen molar-refractivity contribution >= 4 is 74.3 Å². The zero-order valence-corrected chi connectivity index (χ0v) is 18.3. The van der Waals surface area contributed by atoms with Gasteiger partial charge in [-0.2, -0.15) is 0 Å². The number of halogens is 2. The summed E-state index contributed by atoms with van der Waals surface area (Å²) >= 11 is 4.41. The molecule has 0 N–H and O–H groups in total. The predicted octanol–water partition coefficient (Wildman–Crippen LogP) is 3.29. The van der Waals surface area contributed by atoms with Crippen molar-refractivity contribution < 1.29 is 14.4 Å². The fourth-order valence-electron chi connectivity index (χ4n) is 4.63. The molecule has 4 atom stereocenters. The predicted molar refractivity (Wildman–Crippen MR) is 117 cm³/mol. The standard InChI is InChI=1S/C20H14I2N2O3/c21-10-1-5-12(6-2-10)23-9-14-15(18(23)25)17-16(14)19(26)24(20(17)27)13-7-3-11(22)4-8-13/h1-8,14-17H,9H2. The quantitative estimate of drug-likeness (QED) is 0.403. The molecular formula is C20H14I2N2O3. The number of benzene rings is 2. The van der Waals surface area contributed by atoms with Gasteiger partial charge in [-0.15, -0.1) is 0 Å². The van der Waals surface area contributed by atoms with Crippen molar-refractivity contribution in [3.63, 3.8) is 0 Å². The van der Waals surface area contributed by atoms with Gasteiger partial charge in [0.15, 0.2) is 0 Å². The number of anilines is 2. The van der Waals surface area contributed by atoms with E-state index < -0.39 is 5.92 Å². The molecule has 0 spiro atoms. The fraction of sp³-hybridized carbons (Fsp3) is 0.250. The van der Waals surface area contributed by atoms with Crippen LogP contribution in [-0.4, -0.2) is 24.3 Å². The molecule has 1 saturated carbocycles. The van der Waals surface area contributed by atoms with E-state index in [0.717, 1.165) is 12.8 Å². The van der Waals surface area contributed by atoms with Crippen molar-refractivity contribution in [2.24, 2.45) is 23.7 Å². The molecule has 2 aromatic carbocycles. The van der Waals surface area contributed by atoms with Crippen molar-refractivity contribution in [1.29, 1.82) is 0 Å². The molecule has 0 radical (unpaired) electrons. The average molecular weight is 584 g/mol. The molecule has 3 fully saturated rings. The number of amides is 3. The molecule has 1 aliphatic carbocycles. The van der Waals surface area contributed by atoms with Crippen molar-refractivity contribution in [2.75, 3.05) is 16.3 Å². The van der Waals surface area contributed by atoms with Gasteiger partial charge in [0.25, 0.3) is 0 Å². The van der Waals surface area contributed by atoms with Gasteiger partial charge in [0.2, 0.25) is 17.7 Å². The highest BCUT2D eigenvalue weighted by atomic mass is 127. The third-order valence-corrected chi connectivity index (χ3v) is 7.31. The van der Waals surface area contributed by atoms with Gasteiger partial charge >= 0.3 is 0 Å². The molecule has 136 valence electrons.